The molecule has 5 heteroatoms. The lowest BCUT2D eigenvalue weighted by Crippen LogP contribution is -3.13. The monoisotopic (exact) mass is 347 g/mol. The minimum absolute atomic E-state index is 0.0600. The molecule has 0 atom stereocenters. The van der Waals surface area contributed by atoms with Crippen LogP contribution in [-0.2, 0) is 6.54 Å². The molecule has 126 valence electrons. The van der Waals surface area contributed by atoms with E-state index in [2.05, 4.69) is 25.1 Å². The van der Waals surface area contributed by atoms with Gasteiger partial charge in [0.2, 0.25) is 0 Å². The Kier molecular flexibility index (Phi) is 5.17. The summed E-state index contributed by atoms with van der Waals surface area (Å²) in [4.78, 5) is 15.7. The number of halogens is 2. The zero-order chi connectivity index (χ0) is 17.1. The van der Waals surface area contributed by atoms with Crippen molar-refractivity contribution in [3.05, 3.63) is 70.0 Å². The molecule has 1 heterocycles. The first-order chi connectivity index (χ1) is 11.5. The number of hydrogen-bond acceptors (Lipinski definition) is 1. The molecule has 3 rings (SSSR count). The van der Waals surface area contributed by atoms with Crippen molar-refractivity contribution < 1.29 is 14.1 Å². The number of quaternary nitrogens is 1. The van der Waals surface area contributed by atoms with Crippen LogP contribution in [0.4, 0.5) is 4.39 Å². The summed E-state index contributed by atoms with van der Waals surface area (Å²) >= 11 is 5.89. The lowest BCUT2D eigenvalue weighted by atomic mass is 10.1. The van der Waals surface area contributed by atoms with E-state index < -0.39 is 5.82 Å². The molecular weight excluding hydrogens is 327 g/mol. The molecule has 2 aromatic rings. The highest BCUT2D eigenvalue weighted by molar-refractivity contribution is 6.31. The number of piperazine rings is 1. The zero-order valence-corrected chi connectivity index (χ0v) is 14.4. The van der Waals surface area contributed by atoms with Crippen molar-refractivity contribution in [2.75, 3.05) is 26.2 Å². The van der Waals surface area contributed by atoms with Crippen LogP contribution in [0.15, 0.2) is 42.5 Å². The average Bonchev–Trinajstić information content (AvgIpc) is 2.59. The van der Waals surface area contributed by atoms with E-state index >= 15 is 0 Å². The Hall–Kier alpha value is -1.91. The van der Waals surface area contributed by atoms with Crippen LogP contribution < -0.4 is 4.90 Å². The van der Waals surface area contributed by atoms with Gasteiger partial charge in [0.05, 0.1) is 31.7 Å². The van der Waals surface area contributed by atoms with Gasteiger partial charge in [-0.25, -0.2) is 4.39 Å². The van der Waals surface area contributed by atoms with Crippen LogP contribution in [-0.4, -0.2) is 37.0 Å². The summed E-state index contributed by atoms with van der Waals surface area (Å²) in [5.41, 5.74) is 2.70. The van der Waals surface area contributed by atoms with Gasteiger partial charge in [-0.1, -0.05) is 35.9 Å². The summed E-state index contributed by atoms with van der Waals surface area (Å²) in [6.45, 7) is 6.07. The Morgan fingerprint density at radius 2 is 1.92 bits per heavy atom. The summed E-state index contributed by atoms with van der Waals surface area (Å²) < 4.78 is 13.9. The minimum atomic E-state index is -0.515. The molecule has 3 nitrogen and oxygen atoms in total. The van der Waals surface area contributed by atoms with Gasteiger partial charge in [0.25, 0.3) is 5.91 Å². The van der Waals surface area contributed by atoms with E-state index in [-0.39, 0.29) is 11.5 Å². The molecule has 0 radical (unpaired) electrons. The second kappa shape index (κ2) is 7.32. The van der Waals surface area contributed by atoms with Gasteiger partial charge in [-0.2, -0.15) is 0 Å². The van der Waals surface area contributed by atoms with Crippen LogP contribution in [0.3, 0.4) is 0 Å². The van der Waals surface area contributed by atoms with Gasteiger partial charge in [0.15, 0.2) is 0 Å². The van der Waals surface area contributed by atoms with Gasteiger partial charge < -0.3 is 9.80 Å². The van der Waals surface area contributed by atoms with Crippen molar-refractivity contribution in [1.82, 2.24) is 4.90 Å². The Morgan fingerprint density at radius 1 is 1.21 bits per heavy atom. The summed E-state index contributed by atoms with van der Waals surface area (Å²) in [6.07, 6.45) is 0. The standard InChI is InChI=1S/C19H20ClFN2O/c1-14-4-2-3-5-15(14)13-22-8-10-23(11-9-22)19(24)17-12-16(20)6-7-18(17)21/h2-7,12H,8-11,13H2,1H3/p+1. The molecule has 1 fully saturated rings. The van der Waals surface area contributed by atoms with Crippen molar-refractivity contribution >= 4 is 17.5 Å². The lowest BCUT2D eigenvalue weighted by Gasteiger charge is -2.32. The number of amides is 1. The van der Waals surface area contributed by atoms with Gasteiger partial charge in [-0.15, -0.1) is 0 Å². The lowest BCUT2D eigenvalue weighted by molar-refractivity contribution is -0.917. The van der Waals surface area contributed by atoms with Crippen molar-refractivity contribution in [3.63, 3.8) is 0 Å². The molecule has 1 aliphatic rings. The highest BCUT2D eigenvalue weighted by atomic mass is 35.5. The fourth-order valence-electron chi connectivity index (χ4n) is 3.11. The third-order valence-corrected chi connectivity index (χ3v) is 4.85. The number of aryl methyl sites for hydroxylation is 1. The van der Waals surface area contributed by atoms with Crippen molar-refractivity contribution in [1.29, 1.82) is 0 Å². The fourth-order valence-corrected chi connectivity index (χ4v) is 3.28. The van der Waals surface area contributed by atoms with E-state index in [4.69, 9.17) is 11.6 Å². The summed E-state index contributed by atoms with van der Waals surface area (Å²) in [5, 5.41) is 0.378. The first-order valence-corrected chi connectivity index (χ1v) is 8.55. The summed E-state index contributed by atoms with van der Waals surface area (Å²) in [5.74, 6) is -0.788. The van der Waals surface area contributed by atoms with E-state index in [1.807, 2.05) is 6.07 Å². The van der Waals surface area contributed by atoms with Crippen molar-refractivity contribution in [2.24, 2.45) is 0 Å². The first-order valence-electron chi connectivity index (χ1n) is 8.17. The molecule has 0 aromatic heterocycles. The topological polar surface area (TPSA) is 24.8 Å². The first kappa shape index (κ1) is 16.9. The fraction of sp³-hybridized carbons (Fsp3) is 0.316. The quantitative estimate of drug-likeness (QED) is 0.905. The molecule has 24 heavy (non-hydrogen) atoms. The molecule has 0 aliphatic carbocycles. The Labute approximate surface area is 146 Å². The molecule has 1 saturated heterocycles. The van der Waals surface area contributed by atoms with Crippen LogP contribution >= 0.6 is 11.6 Å². The molecule has 0 saturated carbocycles. The minimum Gasteiger partial charge on any atom is -0.328 e. The highest BCUT2D eigenvalue weighted by Crippen LogP contribution is 2.17. The Morgan fingerprint density at radius 3 is 2.62 bits per heavy atom. The third kappa shape index (κ3) is 3.77. The maximum absolute atomic E-state index is 13.9. The predicted octanol–water partition coefficient (Wildman–Crippen LogP) is 2.33. The van der Waals surface area contributed by atoms with Crippen LogP contribution in [0.2, 0.25) is 5.02 Å². The predicted molar refractivity (Wildman–Crippen MR) is 92.9 cm³/mol. The van der Waals surface area contributed by atoms with Gasteiger partial charge in [0, 0.05) is 10.6 Å². The molecule has 1 aliphatic heterocycles. The zero-order valence-electron chi connectivity index (χ0n) is 13.7. The second-order valence-corrected chi connectivity index (χ2v) is 6.71. The normalized spacial score (nSPS) is 15.5. The summed E-state index contributed by atoms with van der Waals surface area (Å²) in [7, 11) is 0. The molecular formula is C19H21ClFN2O+. The van der Waals surface area contributed by atoms with Crippen LogP contribution in [0, 0.1) is 12.7 Å². The number of nitrogens with zero attached hydrogens (tertiary/aromatic N) is 1. The maximum Gasteiger partial charge on any atom is 0.257 e. The number of rotatable bonds is 3. The van der Waals surface area contributed by atoms with Crippen LogP contribution in [0.5, 0.6) is 0 Å². The number of hydrogen-bond donors (Lipinski definition) is 1. The van der Waals surface area contributed by atoms with E-state index in [0.717, 1.165) is 19.6 Å². The van der Waals surface area contributed by atoms with E-state index in [1.165, 1.54) is 34.2 Å². The third-order valence-electron chi connectivity index (χ3n) is 4.62. The molecule has 2 aromatic carbocycles. The van der Waals surface area contributed by atoms with Crippen LogP contribution in [0.25, 0.3) is 0 Å². The molecule has 0 bridgehead atoms. The van der Waals surface area contributed by atoms with Gasteiger partial charge in [0.1, 0.15) is 12.4 Å². The summed E-state index contributed by atoms with van der Waals surface area (Å²) in [6, 6.07) is 12.5. The second-order valence-electron chi connectivity index (χ2n) is 6.27. The molecule has 0 spiro atoms. The van der Waals surface area contributed by atoms with E-state index in [1.54, 1.807) is 4.90 Å². The Balaban J connectivity index is 1.61. The highest BCUT2D eigenvalue weighted by Gasteiger charge is 2.26. The number of benzene rings is 2. The molecule has 0 unspecified atom stereocenters. The number of carbonyl (C=O) groups is 1. The number of nitrogens with one attached hydrogen (secondary N) is 1. The number of carbonyl (C=O) groups excluding carboxylic acids is 1. The average molecular weight is 348 g/mol. The van der Waals surface area contributed by atoms with Crippen molar-refractivity contribution in [3.8, 4) is 0 Å². The van der Waals surface area contributed by atoms with Gasteiger partial charge in [-0.3, -0.25) is 4.79 Å². The molecule has 1 N–H and O–H groups in total. The SMILES string of the molecule is Cc1ccccc1C[NH+]1CCN(C(=O)c2cc(Cl)ccc2F)CC1. The maximum atomic E-state index is 13.9. The largest absolute Gasteiger partial charge is 0.328 e. The van der Waals surface area contributed by atoms with E-state index in [0.29, 0.717) is 18.1 Å². The van der Waals surface area contributed by atoms with E-state index in [9.17, 15) is 9.18 Å². The van der Waals surface area contributed by atoms with Gasteiger partial charge >= 0.3 is 0 Å². The molecule has 1 amide bonds. The Bertz CT molecular complexity index is 742. The smallest absolute Gasteiger partial charge is 0.257 e. The van der Waals surface area contributed by atoms with Crippen LogP contribution in [0.1, 0.15) is 21.5 Å². The van der Waals surface area contributed by atoms with Crippen molar-refractivity contribution in [2.45, 2.75) is 13.5 Å². The van der Waals surface area contributed by atoms with Gasteiger partial charge in [-0.05, 0) is 30.7 Å².